The van der Waals surface area contributed by atoms with Crippen LogP contribution in [0.25, 0.3) is 0 Å². The fraction of sp³-hybridized carbons (Fsp3) is 0. The molecule has 0 saturated carbocycles. The third-order valence-electron chi connectivity index (χ3n) is 2.44. The van der Waals surface area contributed by atoms with Crippen LogP contribution in [0, 0.1) is 11.3 Å². The average Bonchev–Trinajstić information content (AvgIpc) is 2.92. The third kappa shape index (κ3) is 3.33. The summed E-state index contributed by atoms with van der Waals surface area (Å²) in [5.41, 5.74) is 0.299. The van der Waals surface area contributed by atoms with Crippen LogP contribution < -0.4 is 4.72 Å². The lowest BCUT2D eigenvalue weighted by Gasteiger charge is -2.08. The molecule has 6 nitrogen and oxygen atoms in total. The van der Waals surface area contributed by atoms with E-state index in [0.29, 0.717) is 0 Å². The number of carbonyl (C=O) groups is 1. The smallest absolute Gasteiger partial charge is 0.345 e. The molecule has 0 unspecified atom stereocenters. The molecule has 9 heteroatoms. The first-order valence-corrected chi connectivity index (χ1v) is 8.12. The molecule has 2 N–H and O–H groups in total. The molecule has 0 aliphatic heterocycles. The predicted octanol–water partition coefficient (Wildman–Crippen LogP) is 2.77. The van der Waals surface area contributed by atoms with Crippen molar-refractivity contribution in [3.63, 3.8) is 0 Å². The molecular formula is C12H7ClN2O4S2. The quantitative estimate of drug-likeness (QED) is 0.888. The van der Waals surface area contributed by atoms with Crippen LogP contribution in [0.3, 0.4) is 0 Å². The van der Waals surface area contributed by atoms with Gasteiger partial charge in [0.25, 0.3) is 10.0 Å². The van der Waals surface area contributed by atoms with E-state index in [2.05, 4.69) is 4.72 Å². The van der Waals surface area contributed by atoms with E-state index in [4.69, 9.17) is 22.0 Å². The summed E-state index contributed by atoms with van der Waals surface area (Å²) in [5, 5.41) is 18.9. The number of hydrogen-bond acceptors (Lipinski definition) is 5. The fourth-order valence-electron chi connectivity index (χ4n) is 1.45. The molecule has 2 aromatic rings. The van der Waals surface area contributed by atoms with Gasteiger partial charge in [0.15, 0.2) is 0 Å². The van der Waals surface area contributed by atoms with E-state index in [0.717, 1.165) is 17.4 Å². The van der Waals surface area contributed by atoms with Crippen molar-refractivity contribution in [2.45, 2.75) is 4.90 Å². The number of anilines is 1. The van der Waals surface area contributed by atoms with Crippen molar-refractivity contribution in [3.05, 3.63) is 45.1 Å². The first-order valence-electron chi connectivity index (χ1n) is 5.38. The monoisotopic (exact) mass is 342 g/mol. The van der Waals surface area contributed by atoms with Crippen molar-refractivity contribution in [3.8, 4) is 6.07 Å². The van der Waals surface area contributed by atoms with E-state index >= 15 is 0 Å². The highest BCUT2D eigenvalue weighted by Gasteiger charge is 2.19. The molecule has 0 amide bonds. The molecule has 0 saturated heterocycles. The van der Waals surface area contributed by atoms with Crippen LogP contribution >= 0.6 is 22.9 Å². The molecule has 0 aliphatic carbocycles. The van der Waals surface area contributed by atoms with Gasteiger partial charge in [0.2, 0.25) is 0 Å². The summed E-state index contributed by atoms with van der Waals surface area (Å²) in [6.07, 6.45) is 0. The van der Waals surface area contributed by atoms with Gasteiger partial charge in [0.05, 0.1) is 27.2 Å². The summed E-state index contributed by atoms with van der Waals surface area (Å²) in [6, 6.07) is 7.07. The average molecular weight is 343 g/mol. The number of halogens is 1. The number of sulfonamides is 1. The minimum Gasteiger partial charge on any atom is -0.477 e. The van der Waals surface area contributed by atoms with Crippen LogP contribution in [-0.4, -0.2) is 19.5 Å². The van der Waals surface area contributed by atoms with E-state index in [1.54, 1.807) is 0 Å². The van der Waals surface area contributed by atoms with Gasteiger partial charge in [-0.15, -0.1) is 11.3 Å². The van der Waals surface area contributed by atoms with Crippen molar-refractivity contribution in [1.82, 2.24) is 0 Å². The summed E-state index contributed by atoms with van der Waals surface area (Å²) in [4.78, 5) is 10.5. The predicted molar refractivity (Wildman–Crippen MR) is 78.3 cm³/mol. The van der Waals surface area contributed by atoms with Gasteiger partial charge < -0.3 is 5.11 Å². The van der Waals surface area contributed by atoms with Gasteiger partial charge in [-0.1, -0.05) is 11.6 Å². The molecule has 0 bridgehead atoms. The van der Waals surface area contributed by atoms with Crippen LogP contribution in [0.5, 0.6) is 0 Å². The minimum atomic E-state index is -3.97. The number of aromatic carboxylic acids is 1. The Bertz CT molecular complexity index is 852. The second-order valence-corrected chi connectivity index (χ2v) is 6.86. The Labute approximate surface area is 129 Å². The molecule has 0 atom stereocenters. The van der Waals surface area contributed by atoms with Gasteiger partial charge in [-0.25, -0.2) is 13.2 Å². The van der Waals surface area contributed by atoms with Crippen LogP contribution in [0.2, 0.25) is 5.02 Å². The number of nitriles is 1. The number of carboxylic acid groups (broad SMARTS) is 1. The first-order chi connectivity index (χ1) is 9.83. The number of benzene rings is 1. The molecule has 0 fully saturated rings. The highest BCUT2D eigenvalue weighted by Crippen LogP contribution is 2.27. The zero-order chi connectivity index (χ0) is 15.6. The van der Waals surface area contributed by atoms with Crippen molar-refractivity contribution >= 4 is 44.6 Å². The van der Waals surface area contributed by atoms with E-state index in [-0.39, 0.29) is 26.0 Å². The Morgan fingerprint density at radius 3 is 2.67 bits per heavy atom. The van der Waals surface area contributed by atoms with Crippen molar-refractivity contribution < 1.29 is 18.3 Å². The second-order valence-electron chi connectivity index (χ2n) is 3.86. The topological polar surface area (TPSA) is 107 Å². The van der Waals surface area contributed by atoms with Gasteiger partial charge in [-0.2, -0.15) is 5.26 Å². The maximum Gasteiger partial charge on any atom is 0.345 e. The van der Waals surface area contributed by atoms with Crippen LogP contribution in [-0.2, 0) is 10.0 Å². The molecule has 108 valence electrons. The van der Waals surface area contributed by atoms with E-state index in [1.165, 1.54) is 23.6 Å². The Morgan fingerprint density at radius 2 is 2.10 bits per heavy atom. The number of nitrogens with zero attached hydrogens (tertiary/aromatic N) is 1. The SMILES string of the molecule is N#Cc1ccc(Cl)c(NS(=O)(=O)c2csc(C(=O)O)c2)c1. The highest BCUT2D eigenvalue weighted by atomic mass is 35.5. The third-order valence-corrected chi connectivity index (χ3v) is 5.18. The molecule has 0 spiro atoms. The number of hydrogen-bond donors (Lipinski definition) is 2. The number of nitrogens with one attached hydrogen (secondary N) is 1. The normalized spacial score (nSPS) is 10.9. The van der Waals surface area contributed by atoms with Gasteiger partial charge in [-0.05, 0) is 24.3 Å². The lowest BCUT2D eigenvalue weighted by Crippen LogP contribution is -2.12. The van der Waals surface area contributed by atoms with E-state index in [9.17, 15) is 13.2 Å². The molecule has 0 radical (unpaired) electrons. The summed E-state index contributed by atoms with van der Waals surface area (Å²) < 4.78 is 26.5. The van der Waals surface area contributed by atoms with E-state index < -0.39 is 16.0 Å². The van der Waals surface area contributed by atoms with Gasteiger partial charge in [0.1, 0.15) is 4.88 Å². The van der Waals surface area contributed by atoms with Crippen molar-refractivity contribution in [2.24, 2.45) is 0 Å². The van der Waals surface area contributed by atoms with Gasteiger partial charge in [-0.3, -0.25) is 4.72 Å². The fourth-order valence-corrected chi connectivity index (χ4v) is 3.85. The molecule has 0 aliphatic rings. The second kappa shape index (κ2) is 5.73. The Morgan fingerprint density at radius 1 is 1.38 bits per heavy atom. The summed E-state index contributed by atoms with van der Waals surface area (Å²) in [7, 11) is -3.97. The molecule has 1 heterocycles. The maximum absolute atomic E-state index is 12.2. The van der Waals surface area contributed by atoms with Gasteiger partial charge >= 0.3 is 5.97 Å². The lowest BCUT2D eigenvalue weighted by molar-refractivity contribution is 0.0702. The lowest BCUT2D eigenvalue weighted by atomic mass is 10.2. The zero-order valence-corrected chi connectivity index (χ0v) is 12.6. The summed E-state index contributed by atoms with van der Waals surface area (Å²) >= 11 is 6.68. The van der Waals surface area contributed by atoms with Crippen LogP contribution in [0.15, 0.2) is 34.5 Å². The maximum atomic E-state index is 12.2. The Balaban J connectivity index is 2.37. The first kappa shape index (κ1) is 15.3. The van der Waals surface area contributed by atoms with Gasteiger partial charge in [0, 0.05) is 5.38 Å². The zero-order valence-electron chi connectivity index (χ0n) is 10.2. The highest BCUT2D eigenvalue weighted by molar-refractivity contribution is 7.92. The van der Waals surface area contributed by atoms with Crippen molar-refractivity contribution in [1.29, 1.82) is 5.26 Å². The Hall–Kier alpha value is -2.08. The van der Waals surface area contributed by atoms with Crippen molar-refractivity contribution in [2.75, 3.05) is 4.72 Å². The summed E-state index contributed by atoms with van der Waals surface area (Å²) in [6.45, 7) is 0. The van der Waals surface area contributed by atoms with Crippen LogP contribution in [0.4, 0.5) is 5.69 Å². The van der Waals surface area contributed by atoms with Crippen LogP contribution in [0.1, 0.15) is 15.2 Å². The summed E-state index contributed by atoms with van der Waals surface area (Å²) in [5.74, 6) is -1.20. The molecule has 1 aromatic heterocycles. The number of rotatable bonds is 4. The molecular weight excluding hydrogens is 336 g/mol. The molecule has 2 rings (SSSR count). The number of thiophene rings is 1. The Kier molecular flexibility index (Phi) is 4.18. The standard InChI is InChI=1S/C12H7ClN2O4S2/c13-9-2-1-7(5-14)3-10(9)15-21(18,19)8-4-11(12(16)17)20-6-8/h1-4,6,15H,(H,16,17). The molecule has 21 heavy (non-hydrogen) atoms. The molecule has 1 aromatic carbocycles. The number of carboxylic acids is 1. The largest absolute Gasteiger partial charge is 0.477 e. The minimum absolute atomic E-state index is 0.0544. The van der Waals surface area contributed by atoms with E-state index in [1.807, 2.05) is 6.07 Å².